The summed E-state index contributed by atoms with van der Waals surface area (Å²) in [5.74, 6) is -0.529. The average Bonchev–Trinajstić information content (AvgIpc) is 2.61. The normalized spacial score (nSPS) is 10.6. The molecular formula is C20H16Cl2N2O2. The van der Waals surface area contributed by atoms with Crippen molar-refractivity contribution in [3.05, 3.63) is 97.9 Å². The van der Waals surface area contributed by atoms with Crippen molar-refractivity contribution in [3.8, 4) is 0 Å². The molecule has 0 atom stereocenters. The van der Waals surface area contributed by atoms with Gasteiger partial charge in [0.15, 0.2) is 0 Å². The first-order valence-electron chi connectivity index (χ1n) is 7.96. The molecule has 1 heterocycles. The molecule has 1 amide bonds. The van der Waals surface area contributed by atoms with Gasteiger partial charge in [0.2, 0.25) is 0 Å². The third kappa shape index (κ3) is 3.98. The zero-order chi connectivity index (χ0) is 18.7. The molecule has 1 N–H and O–H groups in total. The SMILES string of the molecule is Cc1ccccc1Cn1cccc(C(=O)Nc2cc(Cl)ccc2Cl)c1=O. The van der Waals surface area contributed by atoms with Crippen LogP contribution in [0, 0.1) is 6.92 Å². The van der Waals surface area contributed by atoms with Crippen LogP contribution in [0.25, 0.3) is 0 Å². The highest BCUT2D eigenvalue weighted by atomic mass is 35.5. The summed E-state index contributed by atoms with van der Waals surface area (Å²) in [4.78, 5) is 25.3. The number of amides is 1. The van der Waals surface area contributed by atoms with Crippen LogP contribution in [-0.4, -0.2) is 10.5 Å². The maximum Gasteiger partial charge on any atom is 0.263 e. The van der Waals surface area contributed by atoms with Crippen molar-refractivity contribution in [1.82, 2.24) is 4.57 Å². The summed E-state index contributed by atoms with van der Waals surface area (Å²) < 4.78 is 1.51. The number of aromatic nitrogens is 1. The summed E-state index contributed by atoms with van der Waals surface area (Å²) in [5.41, 5.74) is 2.13. The van der Waals surface area contributed by atoms with E-state index in [0.717, 1.165) is 11.1 Å². The maximum absolute atomic E-state index is 12.7. The minimum atomic E-state index is -0.529. The molecule has 2 aromatic carbocycles. The Hall–Kier alpha value is -2.56. The lowest BCUT2D eigenvalue weighted by Crippen LogP contribution is -2.29. The zero-order valence-electron chi connectivity index (χ0n) is 14.0. The smallest absolute Gasteiger partial charge is 0.263 e. The lowest BCUT2D eigenvalue weighted by atomic mass is 10.1. The van der Waals surface area contributed by atoms with Gasteiger partial charge in [0.1, 0.15) is 5.56 Å². The van der Waals surface area contributed by atoms with Gasteiger partial charge in [-0.1, -0.05) is 47.5 Å². The number of halogens is 2. The van der Waals surface area contributed by atoms with E-state index in [4.69, 9.17) is 23.2 Å². The third-order valence-corrected chi connectivity index (χ3v) is 4.61. The highest BCUT2D eigenvalue weighted by Gasteiger charge is 2.14. The van der Waals surface area contributed by atoms with Crippen LogP contribution in [0.2, 0.25) is 10.0 Å². The molecule has 0 fully saturated rings. The van der Waals surface area contributed by atoms with Gasteiger partial charge in [-0.25, -0.2) is 0 Å². The first kappa shape index (κ1) is 18.2. The molecule has 0 spiro atoms. The molecule has 0 aliphatic rings. The standard InChI is InChI=1S/C20H16Cl2N2O2/c1-13-5-2-3-6-14(13)12-24-10-4-7-16(20(24)26)19(25)23-18-11-15(21)8-9-17(18)22/h2-11H,12H2,1H3,(H,23,25). The fourth-order valence-corrected chi connectivity index (χ4v) is 2.93. The molecule has 0 saturated carbocycles. The number of nitrogens with zero attached hydrogens (tertiary/aromatic N) is 1. The summed E-state index contributed by atoms with van der Waals surface area (Å²) >= 11 is 12.0. The second-order valence-electron chi connectivity index (χ2n) is 5.86. The number of hydrogen-bond acceptors (Lipinski definition) is 2. The van der Waals surface area contributed by atoms with Gasteiger partial charge in [0.05, 0.1) is 17.3 Å². The Morgan fingerprint density at radius 3 is 2.62 bits per heavy atom. The number of nitrogens with one attached hydrogen (secondary N) is 1. The van der Waals surface area contributed by atoms with E-state index in [1.165, 1.54) is 16.7 Å². The van der Waals surface area contributed by atoms with Crippen LogP contribution < -0.4 is 10.9 Å². The van der Waals surface area contributed by atoms with E-state index in [2.05, 4.69) is 5.32 Å². The molecule has 0 radical (unpaired) electrons. The van der Waals surface area contributed by atoms with E-state index in [9.17, 15) is 9.59 Å². The second kappa shape index (κ2) is 7.77. The quantitative estimate of drug-likeness (QED) is 0.702. The fraction of sp³-hybridized carbons (Fsp3) is 0.100. The number of pyridine rings is 1. The summed E-state index contributed by atoms with van der Waals surface area (Å²) in [6.45, 7) is 2.38. The Bertz CT molecular complexity index is 1030. The topological polar surface area (TPSA) is 51.1 Å². The first-order chi connectivity index (χ1) is 12.5. The van der Waals surface area contributed by atoms with E-state index in [0.29, 0.717) is 22.3 Å². The Balaban J connectivity index is 1.89. The third-order valence-electron chi connectivity index (χ3n) is 4.04. The molecule has 0 bridgehead atoms. The number of carbonyl (C=O) groups is 1. The van der Waals surface area contributed by atoms with E-state index in [1.54, 1.807) is 24.4 Å². The van der Waals surface area contributed by atoms with Gasteiger partial charge in [0.25, 0.3) is 11.5 Å². The van der Waals surface area contributed by atoms with Crippen LogP contribution >= 0.6 is 23.2 Å². The summed E-state index contributed by atoms with van der Waals surface area (Å²) in [7, 11) is 0. The van der Waals surface area contributed by atoms with Gasteiger partial charge < -0.3 is 9.88 Å². The van der Waals surface area contributed by atoms with Gasteiger partial charge >= 0.3 is 0 Å². The number of benzene rings is 2. The van der Waals surface area contributed by atoms with Gasteiger partial charge in [-0.15, -0.1) is 0 Å². The van der Waals surface area contributed by atoms with Crippen molar-refractivity contribution < 1.29 is 4.79 Å². The minimum Gasteiger partial charge on any atom is -0.320 e. The average molecular weight is 387 g/mol. The molecule has 0 saturated heterocycles. The Kier molecular flexibility index (Phi) is 5.45. The molecule has 0 aliphatic carbocycles. The number of anilines is 1. The van der Waals surface area contributed by atoms with Gasteiger partial charge in [-0.2, -0.15) is 0 Å². The van der Waals surface area contributed by atoms with E-state index in [-0.39, 0.29) is 11.1 Å². The van der Waals surface area contributed by atoms with Crippen molar-refractivity contribution in [3.63, 3.8) is 0 Å². The van der Waals surface area contributed by atoms with Crippen molar-refractivity contribution in [2.24, 2.45) is 0 Å². The second-order valence-corrected chi connectivity index (χ2v) is 6.70. The first-order valence-corrected chi connectivity index (χ1v) is 8.71. The number of rotatable bonds is 4. The van der Waals surface area contributed by atoms with Crippen LogP contribution in [0.1, 0.15) is 21.5 Å². The van der Waals surface area contributed by atoms with Crippen molar-refractivity contribution in [2.45, 2.75) is 13.5 Å². The zero-order valence-corrected chi connectivity index (χ0v) is 15.5. The molecule has 1 aromatic heterocycles. The van der Waals surface area contributed by atoms with Crippen molar-refractivity contribution in [1.29, 1.82) is 0 Å². The van der Waals surface area contributed by atoms with Gasteiger partial charge in [0, 0.05) is 11.2 Å². The fourth-order valence-electron chi connectivity index (χ4n) is 2.59. The highest BCUT2D eigenvalue weighted by Crippen LogP contribution is 2.25. The predicted octanol–water partition coefficient (Wildman–Crippen LogP) is 4.76. The van der Waals surface area contributed by atoms with E-state index < -0.39 is 5.91 Å². The number of hydrogen-bond donors (Lipinski definition) is 1. The van der Waals surface area contributed by atoms with Crippen LogP contribution in [-0.2, 0) is 6.54 Å². The number of aryl methyl sites for hydroxylation is 1. The minimum absolute atomic E-state index is 0.0390. The van der Waals surface area contributed by atoms with Gasteiger partial charge in [-0.3, -0.25) is 9.59 Å². The Morgan fingerprint density at radius 1 is 1.08 bits per heavy atom. The summed E-state index contributed by atoms with van der Waals surface area (Å²) in [5, 5.41) is 3.43. The van der Waals surface area contributed by atoms with Gasteiger partial charge in [-0.05, 0) is 48.4 Å². The maximum atomic E-state index is 12.7. The van der Waals surface area contributed by atoms with Crippen LogP contribution in [0.3, 0.4) is 0 Å². The Morgan fingerprint density at radius 2 is 1.85 bits per heavy atom. The molecule has 132 valence electrons. The largest absolute Gasteiger partial charge is 0.320 e. The Labute approximate surface area is 161 Å². The predicted molar refractivity (Wildman–Crippen MR) is 105 cm³/mol. The van der Waals surface area contributed by atoms with Crippen molar-refractivity contribution >= 4 is 34.8 Å². The number of carbonyl (C=O) groups excluding carboxylic acids is 1. The van der Waals surface area contributed by atoms with Crippen LogP contribution in [0.15, 0.2) is 65.6 Å². The molecular weight excluding hydrogens is 371 g/mol. The summed E-state index contributed by atoms with van der Waals surface area (Å²) in [6.07, 6.45) is 1.66. The summed E-state index contributed by atoms with van der Waals surface area (Å²) in [6, 6.07) is 15.7. The molecule has 6 heteroatoms. The van der Waals surface area contributed by atoms with E-state index >= 15 is 0 Å². The molecule has 3 rings (SSSR count). The molecule has 0 unspecified atom stereocenters. The lowest BCUT2D eigenvalue weighted by Gasteiger charge is -2.11. The lowest BCUT2D eigenvalue weighted by molar-refractivity contribution is 0.102. The highest BCUT2D eigenvalue weighted by molar-refractivity contribution is 6.35. The van der Waals surface area contributed by atoms with E-state index in [1.807, 2.05) is 31.2 Å². The van der Waals surface area contributed by atoms with Crippen molar-refractivity contribution in [2.75, 3.05) is 5.32 Å². The van der Waals surface area contributed by atoms with Crippen LogP contribution in [0.5, 0.6) is 0 Å². The molecule has 26 heavy (non-hydrogen) atoms. The monoisotopic (exact) mass is 386 g/mol. The molecule has 0 aliphatic heterocycles. The molecule has 4 nitrogen and oxygen atoms in total. The molecule has 3 aromatic rings. The van der Waals surface area contributed by atoms with Crippen LogP contribution in [0.4, 0.5) is 5.69 Å².